The molecular formula is C40H54N2O14. The minimum atomic E-state index is -2.28. The van der Waals surface area contributed by atoms with Crippen LogP contribution in [0.3, 0.4) is 0 Å². The van der Waals surface area contributed by atoms with E-state index in [0.29, 0.717) is 5.57 Å². The van der Waals surface area contributed by atoms with Crippen LogP contribution in [0.25, 0.3) is 0 Å². The normalized spacial score (nSPS) is 37.3. The van der Waals surface area contributed by atoms with Crippen molar-refractivity contribution in [2.75, 3.05) is 19.7 Å². The first-order valence-electron chi connectivity index (χ1n) is 19.5. The number of nitrogens with one attached hydrogen (secondary N) is 1. The number of allylic oxidation sites excluding steroid dienone is 1. The molecule has 2 saturated heterocycles. The van der Waals surface area contributed by atoms with E-state index in [1.165, 1.54) is 6.08 Å². The van der Waals surface area contributed by atoms with E-state index in [9.17, 15) is 48.9 Å². The van der Waals surface area contributed by atoms with E-state index < -0.39 is 118 Å². The molecule has 2 bridgehead atoms. The average Bonchev–Trinajstić information content (AvgIpc) is 3.59. The van der Waals surface area contributed by atoms with E-state index in [0.717, 1.165) is 17.1 Å². The van der Waals surface area contributed by atoms with Crippen LogP contribution < -0.4 is 5.32 Å². The van der Waals surface area contributed by atoms with Crippen molar-refractivity contribution in [3.05, 3.63) is 23.8 Å². The molecule has 3 heterocycles. The molecule has 1 spiro atoms. The van der Waals surface area contributed by atoms with Crippen LogP contribution in [0.5, 0.6) is 0 Å². The van der Waals surface area contributed by atoms with Crippen molar-refractivity contribution in [3.8, 4) is 0 Å². The highest BCUT2D eigenvalue weighted by Crippen LogP contribution is 2.74. The summed E-state index contributed by atoms with van der Waals surface area (Å²) in [5, 5.41) is 38.3. The van der Waals surface area contributed by atoms with E-state index in [1.807, 2.05) is 0 Å². The quantitative estimate of drug-likeness (QED) is 0.115. The van der Waals surface area contributed by atoms with Crippen molar-refractivity contribution in [2.24, 2.45) is 46.3 Å². The summed E-state index contributed by atoms with van der Waals surface area (Å²) in [5.41, 5.74) is -3.56. The van der Waals surface area contributed by atoms with Crippen LogP contribution in [-0.4, -0.2) is 117 Å². The number of hydrogen-bond donors (Lipinski definition) is 4. The number of fused-ring (bicyclic) bond motifs is 1. The van der Waals surface area contributed by atoms with E-state index in [4.69, 9.17) is 18.9 Å². The summed E-state index contributed by atoms with van der Waals surface area (Å²) >= 11 is 0. The van der Waals surface area contributed by atoms with E-state index in [2.05, 4.69) is 5.32 Å². The average molecular weight is 787 g/mol. The molecule has 0 aromatic rings. The van der Waals surface area contributed by atoms with E-state index in [-0.39, 0.29) is 57.2 Å². The number of ketones is 1. The Hall–Kier alpha value is -3.99. The number of amides is 3. The second-order valence-electron chi connectivity index (χ2n) is 17.4. The molecule has 0 aromatic heterocycles. The predicted molar refractivity (Wildman–Crippen MR) is 192 cm³/mol. The second-order valence-corrected chi connectivity index (χ2v) is 17.4. The number of aliphatic hydroxyl groups excluding tert-OH is 1. The molecule has 16 heteroatoms. The van der Waals surface area contributed by atoms with Gasteiger partial charge in [-0.15, -0.1) is 0 Å². The molecule has 4 N–H and O–H groups in total. The number of carbonyl (C=O) groups excluding carboxylic acids is 7. The number of rotatable bonds is 13. The molecule has 0 radical (unpaired) electrons. The lowest BCUT2D eigenvalue weighted by Crippen LogP contribution is -2.78. The van der Waals surface area contributed by atoms with Crippen molar-refractivity contribution >= 4 is 41.4 Å². The molecule has 16 nitrogen and oxygen atoms in total. The third-order valence-corrected chi connectivity index (χ3v) is 13.9. The highest BCUT2D eigenvalue weighted by atomic mass is 16.7. The third kappa shape index (κ3) is 6.40. The fraction of sp³-hybridized carbons (Fsp3) is 0.725. The van der Waals surface area contributed by atoms with Gasteiger partial charge in [-0.05, 0) is 49.5 Å². The summed E-state index contributed by atoms with van der Waals surface area (Å²) in [7, 11) is 0. The van der Waals surface area contributed by atoms with Crippen LogP contribution in [0.2, 0.25) is 0 Å². The van der Waals surface area contributed by atoms with Crippen molar-refractivity contribution in [2.45, 2.75) is 116 Å². The molecule has 3 aliphatic carbocycles. The smallest absolute Gasteiger partial charge is 0.348 e. The van der Waals surface area contributed by atoms with Gasteiger partial charge in [0.2, 0.25) is 12.0 Å². The number of imide groups is 1. The first-order chi connectivity index (χ1) is 26.1. The first-order valence-corrected chi connectivity index (χ1v) is 19.5. The minimum absolute atomic E-state index is 0.00909. The van der Waals surface area contributed by atoms with Gasteiger partial charge in [0.15, 0.2) is 17.7 Å². The Morgan fingerprint density at radius 1 is 1.04 bits per heavy atom. The number of nitrogens with zero attached hydrogens (tertiary/aromatic N) is 1. The van der Waals surface area contributed by atoms with Gasteiger partial charge in [-0.3, -0.25) is 33.7 Å². The predicted octanol–water partition coefficient (Wildman–Crippen LogP) is 0.884. The van der Waals surface area contributed by atoms with Crippen LogP contribution in [0, 0.1) is 46.3 Å². The molecule has 6 aliphatic rings. The maximum atomic E-state index is 13.9. The van der Waals surface area contributed by atoms with Gasteiger partial charge in [0.05, 0.1) is 18.6 Å². The molecule has 11 atom stereocenters. The maximum Gasteiger partial charge on any atom is 0.348 e. The number of ether oxygens (including phenoxy) is 4. The SMILES string of the molecule is CC1=CC(=O)[C@@H](OC(=O)CCCC(=O)NCCN2C(=O)C=CC2=O)[C@]2(C)C3[C@]45CO[C@@]3(O)[C@H](O)[C@H](C)C4C(OC(=O)CC(O)(C(C)C)C(C)C)C(=O)O[C@@H]5C[C@@H]12. The summed E-state index contributed by atoms with van der Waals surface area (Å²) < 4.78 is 24.1. The lowest BCUT2D eigenvalue weighted by atomic mass is 9.38. The summed E-state index contributed by atoms with van der Waals surface area (Å²) in [6, 6.07) is 0. The zero-order chi connectivity index (χ0) is 41.3. The second kappa shape index (κ2) is 14.7. The summed E-state index contributed by atoms with van der Waals surface area (Å²) in [5.74, 6) is -10.9. The van der Waals surface area contributed by atoms with Crippen LogP contribution in [0.15, 0.2) is 23.8 Å². The van der Waals surface area contributed by atoms with Crippen molar-refractivity contribution in [1.82, 2.24) is 10.2 Å². The number of esters is 3. The highest BCUT2D eigenvalue weighted by Gasteiger charge is 2.84. The molecule has 3 unspecified atom stereocenters. The molecule has 3 amide bonds. The molecule has 3 aliphatic heterocycles. The van der Waals surface area contributed by atoms with Gasteiger partial charge < -0.3 is 39.6 Å². The molecule has 0 aromatic carbocycles. The lowest BCUT2D eigenvalue weighted by molar-refractivity contribution is -0.340. The van der Waals surface area contributed by atoms with Crippen molar-refractivity contribution < 1.29 is 67.8 Å². The Bertz CT molecular complexity index is 1730. The first kappa shape index (κ1) is 41.6. The van der Waals surface area contributed by atoms with Gasteiger partial charge in [-0.1, -0.05) is 47.1 Å². The van der Waals surface area contributed by atoms with Gasteiger partial charge in [0, 0.05) is 60.7 Å². The Labute approximate surface area is 325 Å². The van der Waals surface area contributed by atoms with Crippen molar-refractivity contribution in [3.63, 3.8) is 0 Å². The Morgan fingerprint density at radius 2 is 1.68 bits per heavy atom. The summed E-state index contributed by atoms with van der Waals surface area (Å²) in [4.78, 5) is 91.7. The minimum Gasteiger partial charge on any atom is -0.459 e. The van der Waals surface area contributed by atoms with Gasteiger partial charge >= 0.3 is 17.9 Å². The van der Waals surface area contributed by atoms with Gasteiger partial charge in [0.25, 0.3) is 11.8 Å². The standard InChI is InChI=1S/C40H54N2O14/c1-19(2)39(51,20(3)4)17-30(48)55-32-31-22(6)33(49)40(52)36-37(7)23(16-25(54-35(32)50)38(31,36)18-53-40)21(5)15-24(43)34(37)56-29(47)10-8-9-26(44)41-13-14-42-27(45)11-12-28(42)46/h11-12,15,19-20,22-23,25,31-34,36,49,51-52H,8-10,13-14,16-18H2,1-7H3,(H,41,44)/t22-,23+,25-,31?,32?,33-,34-,36?,37-,38+,40+/m1/s1. The monoisotopic (exact) mass is 786 g/mol. The van der Waals surface area contributed by atoms with Gasteiger partial charge in [-0.25, -0.2) is 4.79 Å². The fourth-order valence-electron chi connectivity index (χ4n) is 11.0. The van der Waals surface area contributed by atoms with E-state index >= 15 is 0 Å². The van der Waals surface area contributed by atoms with Gasteiger partial charge in [-0.2, -0.15) is 0 Å². The van der Waals surface area contributed by atoms with Crippen LogP contribution in [0.1, 0.15) is 80.6 Å². The molecule has 6 rings (SSSR count). The maximum absolute atomic E-state index is 13.9. The highest BCUT2D eigenvalue weighted by molar-refractivity contribution is 6.12. The van der Waals surface area contributed by atoms with Crippen LogP contribution in [0.4, 0.5) is 0 Å². The number of aliphatic hydroxyl groups is 3. The molecule has 2 saturated carbocycles. The number of hydrogen-bond acceptors (Lipinski definition) is 14. The van der Waals surface area contributed by atoms with Crippen LogP contribution >= 0.6 is 0 Å². The zero-order valence-electron chi connectivity index (χ0n) is 32.9. The Kier molecular flexibility index (Phi) is 11.0. The Balaban J connectivity index is 1.23. The zero-order valence-corrected chi connectivity index (χ0v) is 32.9. The third-order valence-electron chi connectivity index (χ3n) is 13.9. The molecule has 56 heavy (non-hydrogen) atoms. The fourth-order valence-corrected chi connectivity index (χ4v) is 11.0. The molecule has 308 valence electrons. The largest absolute Gasteiger partial charge is 0.459 e. The summed E-state index contributed by atoms with van der Waals surface area (Å²) in [6.07, 6.45) is -2.41. The van der Waals surface area contributed by atoms with E-state index in [1.54, 1.807) is 48.5 Å². The molecular weight excluding hydrogens is 732 g/mol. The van der Waals surface area contributed by atoms with Gasteiger partial charge in [0.1, 0.15) is 12.2 Å². The Morgan fingerprint density at radius 3 is 2.30 bits per heavy atom. The number of carbonyl (C=O) groups is 7. The topological polar surface area (TPSA) is 232 Å². The molecule has 4 fully saturated rings. The van der Waals surface area contributed by atoms with Crippen molar-refractivity contribution in [1.29, 1.82) is 0 Å². The van der Waals surface area contributed by atoms with Crippen LogP contribution in [-0.2, 0) is 52.5 Å². The lowest BCUT2D eigenvalue weighted by Gasteiger charge is -2.68. The summed E-state index contributed by atoms with van der Waals surface area (Å²) in [6.45, 7) is 12.0.